The summed E-state index contributed by atoms with van der Waals surface area (Å²) in [7, 11) is 0. The first-order chi connectivity index (χ1) is 14.5. The molecule has 0 aliphatic heterocycles. The molecule has 150 valence electrons. The van der Waals surface area contributed by atoms with E-state index in [0.717, 1.165) is 32.7 Å². The van der Waals surface area contributed by atoms with E-state index in [-0.39, 0.29) is 5.91 Å². The molecule has 7 nitrogen and oxygen atoms in total. The van der Waals surface area contributed by atoms with Crippen LogP contribution in [0.1, 0.15) is 27.4 Å². The van der Waals surface area contributed by atoms with Crippen LogP contribution in [0.25, 0.3) is 16.9 Å². The molecule has 0 saturated carbocycles. The number of benzene rings is 2. The van der Waals surface area contributed by atoms with Crippen LogP contribution < -0.4 is 5.43 Å². The fourth-order valence-corrected chi connectivity index (χ4v) is 3.35. The van der Waals surface area contributed by atoms with E-state index in [9.17, 15) is 4.79 Å². The summed E-state index contributed by atoms with van der Waals surface area (Å²) in [5.74, 6) is -0.368. The van der Waals surface area contributed by atoms with E-state index in [0.29, 0.717) is 11.4 Å². The van der Waals surface area contributed by atoms with Crippen LogP contribution in [0.5, 0.6) is 0 Å². The number of carbonyl (C=O) groups is 1. The van der Waals surface area contributed by atoms with Crippen molar-refractivity contribution < 1.29 is 4.79 Å². The first kappa shape index (κ1) is 19.8. The van der Waals surface area contributed by atoms with Crippen LogP contribution in [0.4, 0.5) is 0 Å². The minimum absolute atomic E-state index is 0.332. The van der Waals surface area contributed by atoms with E-state index in [4.69, 9.17) is 0 Å². The van der Waals surface area contributed by atoms with E-state index in [1.54, 1.807) is 12.3 Å². The molecule has 0 unspecified atom stereocenters. The minimum Gasteiger partial charge on any atom is -0.272 e. The number of para-hydroxylation sites is 1. The quantitative estimate of drug-likeness (QED) is 0.340. The van der Waals surface area contributed by atoms with Crippen molar-refractivity contribution in [1.82, 2.24) is 25.4 Å². The van der Waals surface area contributed by atoms with Gasteiger partial charge in [-0.25, -0.2) is 10.1 Å². The highest BCUT2D eigenvalue weighted by Gasteiger charge is 2.13. The van der Waals surface area contributed by atoms with Crippen LogP contribution in [0.15, 0.2) is 70.2 Å². The predicted molar refractivity (Wildman–Crippen MR) is 120 cm³/mol. The summed E-state index contributed by atoms with van der Waals surface area (Å²) in [5, 5.41) is 15.6. The van der Waals surface area contributed by atoms with E-state index >= 15 is 0 Å². The third kappa shape index (κ3) is 4.08. The van der Waals surface area contributed by atoms with Gasteiger partial charge in [0.15, 0.2) is 0 Å². The number of hydrazone groups is 1. The zero-order valence-electron chi connectivity index (χ0n) is 16.4. The van der Waals surface area contributed by atoms with Gasteiger partial charge in [0.1, 0.15) is 5.69 Å². The smallest absolute Gasteiger partial charge is 0.272 e. The Kier molecular flexibility index (Phi) is 5.58. The van der Waals surface area contributed by atoms with Gasteiger partial charge in [-0.15, -0.1) is 0 Å². The summed E-state index contributed by atoms with van der Waals surface area (Å²) < 4.78 is 2.84. The Labute approximate surface area is 182 Å². The third-order valence-electron chi connectivity index (χ3n) is 4.67. The monoisotopic (exact) mass is 462 g/mol. The van der Waals surface area contributed by atoms with E-state index in [1.807, 2.05) is 73.1 Å². The summed E-state index contributed by atoms with van der Waals surface area (Å²) >= 11 is 3.40. The number of hydrogen-bond donors (Lipinski definition) is 2. The van der Waals surface area contributed by atoms with Gasteiger partial charge in [0.25, 0.3) is 5.91 Å². The normalized spacial score (nSPS) is 11.2. The topological polar surface area (TPSA) is 88.0 Å². The zero-order chi connectivity index (χ0) is 21.1. The highest BCUT2D eigenvalue weighted by Crippen LogP contribution is 2.20. The fraction of sp³-hybridized carbons (Fsp3) is 0.0909. The van der Waals surface area contributed by atoms with Crippen molar-refractivity contribution in [3.63, 3.8) is 0 Å². The average Bonchev–Trinajstić information content (AvgIpc) is 3.35. The number of carbonyl (C=O) groups excluding carboxylic acids is 1. The molecule has 0 atom stereocenters. The fourth-order valence-electron chi connectivity index (χ4n) is 3.08. The van der Waals surface area contributed by atoms with Crippen LogP contribution in [0.2, 0.25) is 0 Å². The lowest BCUT2D eigenvalue weighted by atomic mass is 10.1. The first-order valence-electron chi connectivity index (χ1n) is 9.29. The van der Waals surface area contributed by atoms with Crippen LogP contribution in [0.3, 0.4) is 0 Å². The molecule has 1 amide bonds. The van der Waals surface area contributed by atoms with Crippen molar-refractivity contribution in [3.05, 3.63) is 87.8 Å². The molecule has 2 heterocycles. The second-order valence-electron chi connectivity index (χ2n) is 6.70. The van der Waals surface area contributed by atoms with Crippen molar-refractivity contribution in [1.29, 1.82) is 0 Å². The van der Waals surface area contributed by atoms with E-state index in [2.05, 4.69) is 41.8 Å². The molecule has 0 saturated heterocycles. The largest absolute Gasteiger partial charge is 0.289 e. The lowest BCUT2D eigenvalue weighted by molar-refractivity contribution is 0.0950. The van der Waals surface area contributed by atoms with Crippen molar-refractivity contribution in [2.45, 2.75) is 13.8 Å². The van der Waals surface area contributed by atoms with E-state index in [1.165, 1.54) is 0 Å². The standard InChI is InChI=1S/C22H19BrN6O/c1-14-19(15(2)29(28-14)18-6-4-3-5-7-18)13-24-27-22(30)21-12-20(25-26-21)16-8-10-17(23)11-9-16/h3-13H,1-2H3,(H,25,26)(H,27,30)/b24-13-. The molecule has 4 rings (SSSR count). The van der Waals surface area contributed by atoms with Gasteiger partial charge >= 0.3 is 0 Å². The Hall–Kier alpha value is -3.52. The van der Waals surface area contributed by atoms with Gasteiger partial charge in [-0.3, -0.25) is 9.89 Å². The molecule has 0 aliphatic rings. The molecule has 2 aromatic carbocycles. The summed E-state index contributed by atoms with van der Waals surface area (Å²) in [5.41, 5.74) is 8.07. The number of aromatic nitrogens is 4. The van der Waals surface area contributed by atoms with Gasteiger partial charge in [0.05, 0.1) is 29.0 Å². The van der Waals surface area contributed by atoms with Crippen molar-refractivity contribution in [2.75, 3.05) is 0 Å². The lowest BCUT2D eigenvalue weighted by Gasteiger charge is -2.03. The van der Waals surface area contributed by atoms with Crippen molar-refractivity contribution in [2.24, 2.45) is 5.10 Å². The molecular formula is C22H19BrN6O. The SMILES string of the molecule is Cc1nn(-c2ccccc2)c(C)c1/C=N\NC(=O)c1cc(-c2ccc(Br)cc2)n[nH]1. The third-order valence-corrected chi connectivity index (χ3v) is 5.20. The molecule has 0 aliphatic carbocycles. The molecule has 4 aromatic rings. The summed E-state index contributed by atoms with van der Waals surface area (Å²) in [4.78, 5) is 12.4. The Morgan fingerprint density at radius 2 is 1.87 bits per heavy atom. The van der Waals surface area contributed by atoms with E-state index < -0.39 is 0 Å². The highest BCUT2D eigenvalue weighted by atomic mass is 79.9. The van der Waals surface area contributed by atoms with Gasteiger partial charge in [-0.05, 0) is 44.2 Å². The number of nitrogens with zero attached hydrogens (tertiary/aromatic N) is 4. The summed E-state index contributed by atoms with van der Waals surface area (Å²) in [6, 6.07) is 19.3. The number of rotatable bonds is 5. The van der Waals surface area contributed by atoms with Crippen LogP contribution in [-0.2, 0) is 0 Å². The van der Waals surface area contributed by atoms with Crippen molar-refractivity contribution >= 4 is 28.1 Å². The predicted octanol–water partition coefficient (Wildman–Crippen LogP) is 4.41. The summed E-state index contributed by atoms with van der Waals surface area (Å²) in [6.07, 6.45) is 1.61. The average molecular weight is 463 g/mol. The van der Waals surface area contributed by atoms with Gasteiger partial charge < -0.3 is 0 Å². The zero-order valence-corrected chi connectivity index (χ0v) is 18.0. The molecule has 0 fully saturated rings. The van der Waals surface area contributed by atoms with Crippen molar-refractivity contribution in [3.8, 4) is 16.9 Å². The maximum absolute atomic E-state index is 12.4. The molecule has 0 spiro atoms. The second kappa shape index (κ2) is 8.46. The van der Waals surface area contributed by atoms with Gasteiger partial charge in [-0.2, -0.15) is 15.3 Å². The first-order valence-corrected chi connectivity index (χ1v) is 10.1. The molecule has 2 aromatic heterocycles. The molecule has 8 heteroatoms. The number of hydrogen-bond acceptors (Lipinski definition) is 4. The number of halogens is 1. The Balaban J connectivity index is 1.47. The van der Waals surface area contributed by atoms with Gasteiger partial charge in [-0.1, -0.05) is 46.3 Å². The van der Waals surface area contributed by atoms with Gasteiger partial charge in [0, 0.05) is 15.6 Å². The number of H-pyrrole nitrogens is 1. The Morgan fingerprint density at radius 3 is 2.60 bits per heavy atom. The lowest BCUT2D eigenvalue weighted by Crippen LogP contribution is -2.18. The Bertz CT molecular complexity index is 1210. The number of aryl methyl sites for hydroxylation is 1. The molecule has 30 heavy (non-hydrogen) atoms. The molecule has 0 bridgehead atoms. The van der Waals surface area contributed by atoms with Crippen LogP contribution >= 0.6 is 15.9 Å². The van der Waals surface area contributed by atoms with Crippen LogP contribution in [0, 0.1) is 13.8 Å². The van der Waals surface area contributed by atoms with Gasteiger partial charge in [0.2, 0.25) is 0 Å². The number of aromatic amines is 1. The second-order valence-corrected chi connectivity index (χ2v) is 7.62. The number of amides is 1. The summed E-state index contributed by atoms with van der Waals surface area (Å²) in [6.45, 7) is 3.88. The number of nitrogens with one attached hydrogen (secondary N) is 2. The Morgan fingerprint density at radius 1 is 1.13 bits per heavy atom. The molecule has 2 N–H and O–H groups in total. The molecule has 0 radical (unpaired) electrons. The molecular weight excluding hydrogens is 444 g/mol. The maximum Gasteiger partial charge on any atom is 0.289 e. The maximum atomic E-state index is 12.4. The van der Waals surface area contributed by atoms with Crippen LogP contribution in [-0.4, -0.2) is 32.1 Å². The highest BCUT2D eigenvalue weighted by molar-refractivity contribution is 9.10. The minimum atomic E-state index is -0.368.